The van der Waals surface area contributed by atoms with E-state index in [0.29, 0.717) is 31.6 Å². The summed E-state index contributed by atoms with van der Waals surface area (Å²) in [6, 6.07) is 7.80. The molecule has 0 unspecified atom stereocenters. The van der Waals surface area contributed by atoms with Gasteiger partial charge in [-0.1, -0.05) is 11.6 Å². The summed E-state index contributed by atoms with van der Waals surface area (Å²) in [6.45, 7) is 3.35. The lowest BCUT2D eigenvalue weighted by molar-refractivity contribution is -0.131. The quantitative estimate of drug-likeness (QED) is 0.627. The minimum atomic E-state index is -0.0430. The summed E-state index contributed by atoms with van der Waals surface area (Å²) in [4.78, 5) is 30.0. The molecule has 1 fully saturated rings. The van der Waals surface area contributed by atoms with Gasteiger partial charge in [0.05, 0.1) is 5.69 Å². The zero-order valence-electron chi connectivity index (χ0n) is 17.5. The molecule has 0 N–H and O–H groups in total. The highest BCUT2D eigenvalue weighted by atomic mass is 35.5. The number of benzene rings is 1. The maximum atomic E-state index is 13.0. The molecule has 1 saturated heterocycles. The van der Waals surface area contributed by atoms with Crippen molar-refractivity contribution >= 4 is 28.7 Å². The number of fused-ring (bicyclic) bond motifs is 3. The molecule has 8 heteroatoms. The lowest BCUT2D eigenvalue weighted by atomic mass is 9.97. The first-order valence-corrected chi connectivity index (χ1v) is 11.4. The van der Waals surface area contributed by atoms with Crippen LogP contribution < -0.4 is 10.5 Å². The number of piperazine rings is 1. The van der Waals surface area contributed by atoms with Crippen molar-refractivity contribution in [2.75, 3.05) is 31.1 Å². The van der Waals surface area contributed by atoms with Crippen molar-refractivity contribution in [3.63, 3.8) is 0 Å². The average molecular weight is 440 g/mol. The smallest absolute Gasteiger partial charge is 0.276 e. The van der Waals surface area contributed by atoms with E-state index in [-0.39, 0.29) is 11.5 Å². The fourth-order valence-corrected chi connectivity index (χ4v) is 4.80. The molecule has 1 aliphatic heterocycles. The van der Waals surface area contributed by atoms with E-state index in [4.69, 9.17) is 11.6 Å². The molecule has 1 amide bonds. The Bertz CT molecular complexity index is 1160. The van der Waals surface area contributed by atoms with Gasteiger partial charge in [-0.3, -0.25) is 9.59 Å². The van der Waals surface area contributed by atoms with Gasteiger partial charge in [-0.15, -0.1) is 0 Å². The van der Waals surface area contributed by atoms with Crippen molar-refractivity contribution in [3.8, 4) is 0 Å². The lowest BCUT2D eigenvalue weighted by Gasteiger charge is -2.36. The predicted octanol–water partition coefficient (Wildman–Crippen LogP) is 2.77. The molecule has 2 aromatic heterocycles. The summed E-state index contributed by atoms with van der Waals surface area (Å²) >= 11 is 5.97. The van der Waals surface area contributed by atoms with Gasteiger partial charge in [0, 0.05) is 67.8 Å². The van der Waals surface area contributed by atoms with Crippen LogP contribution in [0.3, 0.4) is 0 Å². The second-order valence-electron chi connectivity index (χ2n) is 8.32. The van der Waals surface area contributed by atoms with Gasteiger partial charge in [0.2, 0.25) is 5.91 Å². The second kappa shape index (κ2) is 8.38. The number of amides is 1. The molecule has 1 aromatic carbocycles. The molecule has 0 bridgehead atoms. The Morgan fingerprint density at radius 3 is 2.52 bits per heavy atom. The number of carbonyl (C=O) groups is 1. The molecule has 3 heterocycles. The molecule has 3 aromatic rings. The van der Waals surface area contributed by atoms with Crippen molar-refractivity contribution in [2.24, 2.45) is 0 Å². The first-order valence-electron chi connectivity index (χ1n) is 11.0. The molecule has 1 aliphatic carbocycles. The standard InChI is InChI=1S/C23H26ClN5O2/c24-17-5-7-18(8-6-17)26-11-13-27(14-12-26)21(30)9-10-28-15-16-29-22(23(28)31)19-3-1-2-4-20(19)25-29/h5-8,15-16H,1-4,9-14H2. The van der Waals surface area contributed by atoms with Crippen LogP contribution in [0.15, 0.2) is 41.5 Å². The summed E-state index contributed by atoms with van der Waals surface area (Å²) < 4.78 is 3.38. The highest BCUT2D eigenvalue weighted by molar-refractivity contribution is 6.30. The van der Waals surface area contributed by atoms with Gasteiger partial charge >= 0.3 is 0 Å². The minimum Gasteiger partial charge on any atom is -0.368 e. The van der Waals surface area contributed by atoms with Crippen LogP contribution in [0.2, 0.25) is 5.02 Å². The van der Waals surface area contributed by atoms with Crippen molar-refractivity contribution in [1.82, 2.24) is 19.1 Å². The third-order valence-electron chi connectivity index (χ3n) is 6.42. The molecular formula is C23H26ClN5O2. The van der Waals surface area contributed by atoms with E-state index < -0.39 is 0 Å². The number of nitrogens with zero attached hydrogens (tertiary/aromatic N) is 5. The van der Waals surface area contributed by atoms with Crippen molar-refractivity contribution < 1.29 is 4.79 Å². The Morgan fingerprint density at radius 1 is 1.00 bits per heavy atom. The molecule has 0 atom stereocenters. The Hall–Kier alpha value is -2.80. The highest BCUT2D eigenvalue weighted by Gasteiger charge is 2.22. The summed E-state index contributed by atoms with van der Waals surface area (Å²) in [5.74, 6) is 0.0954. The van der Waals surface area contributed by atoms with Gasteiger partial charge in [0.15, 0.2) is 0 Å². The first-order chi connectivity index (χ1) is 15.1. The Labute approximate surface area is 185 Å². The number of aryl methyl sites for hydroxylation is 3. The molecule has 162 valence electrons. The van der Waals surface area contributed by atoms with E-state index >= 15 is 0 Å². The number of hydrogen-bond donors (Lipinski definition) is 0. The number of hydrogen-bond acceptors (Lipinski definition) is 4. The second-order valence-corrected chi connectivity index (χ2v) is 8.75. The van der Waals surface area contributed by atoms with Gasteiger partial charge in [-0.25, -0.2) is 4.52 Å². The maximum absolute atomic E-state index is 13.0. The van der Waals surface area contributed by atoms with E-state index in [0.717, 1.165) is 60.7 Å². The summed E-state index contributed by atoms with van der Waals surface area (Å²) in [6.07, 6.45) is 8.00. The largest absolute Gasteiger partial charge is 0.368 e. The molecule has 5 rings (SSSR count). The van der Waals surface area contributed by atoms with E-state index in [1.165, 1.54) is 0 Å². The zero-order chi connectivity index (χ0) is 21.4. The van der Waals surface area contributed by atoms with Crippen molar-refractivity contribution in [1.29, 1.82) is 0 Å². The van der Waals surface area contributed by atoms with Gasteiger partial charge in [0.1, 0.15) is 5.52 Å². The maximum Gasteiger partial charge on any atom is 0.276 e. The van der Waals surface area contributed by atoms with Crippen LogP contribution in [-0.2, 0) is 24.2 Å². The van der Waals surface area contributed by atoms with Crippen LogP contribution in [-0.4, -0.2) is 51.2 Å². The lowest BCUT2D eigenvalue weighted by Crippen LogP contribution is -2.49. The van der Waals surface area contributed by atoms with E-state index in [1.807, 2.05) is 35.4 Å². The third-order valence-corrected chi connectivity index (χ3v) is 6.68. The van der Waals surface area contributed by atoms with Crippen LogP contribution in [0.25, 0.3) is 5.52 Å². The van der Waals surface area contributed by atoms with E-state index in [1.54, 1.807) is 15.3 Å². The van der Waals surface area contributed by atoms with E-state index in [2.05, 4.69) is 10.00 Å². The van der Waals surface area contributed by atoms with E-state index in [9.17, 15) is 9.59 Å². The molecule has 7 nitrogen and oxygen atoms in total. The fourth-order valence-electron chi connectivity index (χ4n) is 4.67. The highest BCUT2D eigenvalue weighted by Crippen LogP contribution is 2.23. The number of rotatable bonds is 4. The topological polar surface area (TPSA) is 62.9 Å². The van der Waals surface area contributed by atoms with Gasteiger partial charge in [-0.2, -0.15) is 5.10 Å². The summed E-state index contributed by atoms with van der Waals surface area (Å²) in [5, 5.41) is 5.30. The molecule has 0 radical (unpaired) electrons. The molecular weight excluding hydrogens is 414 g/mol. The van der Waals surface area contributed by atoms with Crippen LogP contribution in [0, 0.1) is 0 Å². The van der Waals surface area contributed by atoms with Gasteiger partial charge < -0.3 is 14.4 Å². The van der Waals surface area contributed by atoms with Crippen molar-refractivity contribution in [2.45, 2.75) is 38.6 Å². The summed E-state index contributed by atoms with van der Waals surface area (Å²) in [7, 11) is 0. The monoisotopic (exact) mass is 439 g/mol. The molecule has 31 heavy (non-hydrogen) atoms. The van der Waals surface area contributed by atoms with Gasteiger partial charge in [0.25, 0.3) is 5.56 Å². The molecule has 0 saturated carbocycles. The SMILES string of the molecule is O=C(CCn1ccn2nc3c(c2c1=O)CCCC3)N1CCN(c2ccc(Cl)cc2)CC1. The third kappa shape index (κ3) is 3.94. The minimum absolute atomic E-state index is 0.0430. The first kappa shape index (κ1) is 20.1. The molecule has 2 aliphatic rings. The van der Waals surface area contributed by atoms with Crippen LogP contribution in [0.1, 0.15) is 30.5 Å². The van der Waals surface area contributed by atoms with Gasteiger partial charge in [-0.05, 0) is 49.9 Å². The molecule has 0 spiro atoms. The van der Waals surface area contributed by atoms with Crippen LogP contribution >= 0.6 is 11.6 Å². The number of halogens is 1. The van der Waals surface area contributed by atoms with Crippen molar-refractivity contribution in [3.05, 3.63) is 63.3 Å². The normalized spacial score (nSPS) is 16.5. The zero-order valence-corrected chi connectivity index (χ0v) is 18.2. The average Bonchev–Trinajstić information content (AvgIpc) is 3.18. The van der Waals surface area contributed by atoms with Crippen LogP contribution in [0.5, 0.6) is 0 Å². The number of anilines is 1. The number of aromatic nitrogens is 3. The Kier molecular flexibility index (Phi) is 5.44. The Morgan fingerprint density at radius 2 is 1.74 bits per heavy atom. The van der Waals surface area contributed by atoms with Crippen LogP contribution in [0.4, 0.5) is 5.69 Å². The summed E-state index contributed by atoms with van der Waals surface area (Å²) in [5.41, 5.74) is 3.91. The number of carbonyl (C=O) groups excluding carboxylic acids is 1. The fraction of sp³-hybridized carbons (Fsp3) is 0.435. The Balaban J connectivity index is 1.22. The predicted molar refractivity (Wildman–Crippen MR) is 121 cm³/mol.